The summed E-state index contributed by atoms with van der Waals surface area (Å²) in [5.41, 5.74) is 2.56. The minimum Gasteiger partial charge on any atom is -0.497 e. The molecular formula is C22H30N4O2. The predicted molar refractivity (Wildman–Crippen MR) is 109 cm³/mol. The number of ether oxygens (including phenoxy) is 1. The van der Waals surface area contributed by atoms with E-state index >= 15 is 0 Å². The fourth-order valence-electron chi connectivity index (χ4n) is 5.08. The molecular weight excluding hydrogens is 352 g/mol. The van der Waals surface area contributed by atoms with Crippen molar-refractivity contribution in [2.45, 2.75) is 32.1 Å². The topological polar surface area (TPSA) is 70.2 Å². The van der Waals surface area contributed by atoms with Crippen molar-refractivity contribution in [1.82, 2.24) is 20.4 Å². The van der Waals surface area contributed by atoms with Gasteiger partial charge >= 0.3 is 0 Å². The molecule has 1 aliphatic carbocycles. The summed E-state index contributed by atoms with van der Waals surface area (Å²) in [5, 5.41) is 10.4. The summed E-state index contributed by atoms with van der Waals surface area (Å²) in [7, 11) is 3.84. The molecule has 1 atom stereocenters. The van der Waals surface area contributed by atoms with Gasteiger partial charge in [-0.1, -0.05) is 31.4 Å². The van der Waals surface area contributed by atoms with Crippen LogP contribution in [-0.4, -0.2) is 54.8 Å². The molecule has 4 rings (SSSR count). The zero-order valence-electron chi connectivity index (χ0n) is 16.8. The summed E-state index contributed by atoms with van der Waals surface area (Å²) in [6.07, 6.45) is 6.58. The van der Waals surface area contributed by atoms with E-state index in [9.17, 15) is 4.79 Å². The molecule has 1 amide bonds. The van der Waals surface area contributed by atoms with Gasteiger partial charge in [0.15, 0.2) is 0 Å². The standard InChI is InChI=1S/C22H30N4O2/c1-26-14-17(22(15-26)9-4-3-5-10-22)13-23-21(27)20-12-19(24-25-20)16-7-6-8-18(11-16)28-2/h6-8,11-12,17H,3-5,9-10,13-15H2,1-2H3,(H,23,27)(H,24,25). The number of aromatic nitrogens is 2. The number of hydrogen-bond acceptors (Lipinski definition) is 4. The van der Waals surface area contributed by atoms with Crippen LogP contribution in [0.2, 0.25) is 0 Å². The second-order valence-corrected chi connectivity index (χ2v) is 8.43. The van der Waals surface area contributed by atoms with E-state index in [0.717, 1.165) is 36.6 Å². The second-order valence-electron chi connectivity index (χ2n) is 8.43. The molecule has 2 aromatic rings. The zero-order valence-corrected chi connectivity index (χ0v) is 16.8. The summed E-state index contributed by atoms with van der Waals surface area (Å²) in [6, 6.07) is 9.49. The zero-order chi connectivity index (χ0) is 19.6. The number of methoxy groups -OCH3 is 1. The largest absolute Gasteiger partial charge is 0.497 e. The molecule has 0 bridgehead atoms. The van der Waals surface area contributed by atoms with Crippen LogP contribution in [0.4, 0.5) is 0 Å². The molecule has 2 aliphatic rings. The van der Waals surface area contributed by atoms with Gasteiger partial charge in [0, 0.05) is 25.2 Å². The van der Waals surface area contributed by atoms with E-state index in [1.54, 1.807) is 13.2 Å². The van der Waals surface area contributed by atoms with E-state index in [-0.39, 0.29) is 5.91 Å². The maximum atomic E-state index is 12.7. The molecule has 6 nitrogen and oxygen atoms in total. The molecule has 2 fully saturated rings. The molecule has 2 heterocycles. The molecule has 28 heavy (non-hydrogen) atoms. The van der Waals surface area contributed by atoms with E-state index in [2.05, 4.69) is 27.5 Å². The first-order valence-electron chi connectivity index (χ1n) is 10.3. The van der Waals surface area contributed by atoms with Crippen LogP contribution in [0.25, 0.3) is 11.3 Å². The lowest BCUT2D eigenvalue weighted by atomic mass is 9.67. The van der Waals surface area contributed by atoms with Gasteiger partial charge in [-0.05, 0) is 49.4 Å². The number of rotatable bonds is 5. The molecule has 1 spiro atoms. The van der Waals surface area contributed by atoms with E-state index in [1.807, 2.05) is 24.3 Å². The first-order valence-corrected chi connectivity index (χ1v) is 10.3. The Bertz CT molecular complexity index is 825. The van der Waals surface area contributed by atoms with Crippen LogP contribution >= 0.6 is 0 Å². The maximum Gasteiger partial charge on any atom is 0.269 e. The summed E-state index contributed by atoms with van der Waals surface area (Å²) in [5.74, 6) is 1.22. The number of H-pyrrole nitrogens is 1. The molecule has 0 radical (unpaired) electrons. The van der Waals surface area contributed by atoms with Crippen LogP contribution in [0.5, 0.6) is 5.75 Å². The highest BCUT2D eigenvalue weighted by Crippen LogP contribution is 2.46. The number of amides is 1. The Morgan fingerprint density at radius 3 is 2.93 bits per heavy atom. The molecule has 1 saturated carbocycles. The first-order chi connectivity index (χ1) is 13.6. The molecule has 1 unspecified atom stereocenters. The number of carbonyl (C=O) groups is 1. The van der Waals surface area contributed by atoms with Crippen molar-refractivity contribution in [2.75, 3.05) is 33.8 Å². The summed E-state index contributed by atoms with van der Waals surface area (Å²) in [4.78, 5) is 15.1. The van der Waals surface area contributed by atoms with Crippen LogP contribution in [-0.2, 0) is 0 Å². The lowest BCUT2D eigenvalue weighted by molar-refractivity contribution is 0.0911. The lowest BCUT2D eigenvalue weighted by Gasteiger charge is -2.38. The van der Waals surface area contributed by atoms with Crippen LogP contribution in [0.1, 0.15) is 42.6 Å². The van der Waals surface area contributed by atoms with Crippen molar-refractivity contribution in [3.05, 3.63) is 36.0 Å². The van der Waals surface area contributed by atoms with Gasteiger partial charge in [0.05, 0.1) is 12.8 Å². The molecule has 1 aliphatic heterocycles. The van der Waals surface area contributed by atoms with Crippen molar-refractivity contribution < 1.29 is 9.53 Å². The van der Waals surface area contributed by atoms with Crippen LogP contribution in [0, 0.1) is 11.3 Å². The number of hydrogen-bond donors (Lipinski definition) is 2. The van der Waals surface area contributed by atoms with Crippen molar-refractivity contribution in [1.29, 1.82) is 0 Å². The Morgan fingerprint density at radius 1 is 1.32 bits per heavy atom. The quantitative estimate of drug-likeness (QED) is 0.832. The van der Waals surface area contributed by atoms with Crippen molar-refractivity contribution in [2.24, 2.45) is 11.3 Å². The second kappa shape index (κ2) is 7.95. The van der Waals surface area contributed by atoms with Gasteiger partial charge in [0.2, 0.25) is 0 Å². The van der Waals surface area contributed by atoms with Gasteiger partial charge in [-0.2, -0.15) is 5.10 Å². The minimum absolute atomic E-state index is 0.0813. The number of benzene rings is 1. The van der Waals surface area contributed by atoms with E-state index in [4.69, 9.17) is 4.74 Å². The Hall–Kier alpha value is -2.34. The molecule has 150 valence electrons. The highest BCUT2D eigenvalue weighted by Gasteiger charge is 2.45. The van der Waals surface area contributed by atoms with Crippen molar-refractivity contribution in [3.8, 4) is 17.0 Å². The molecule has 1 aromatic carbocycles. The number of nitrogens with zero attached hydrogens (tertiary/aromatic N) is 2. The monoisotopic (exact) mass is 382 g/mol. The highest BCUT2D eigenvalue weighted by molar-refractivity contribution is 5.93. The van der Waals surface area contributed by atoms with E-state index < -0.39 is 0 Å². The lowest BCUT2D eigenvalue weighted by Crippen LogP contribution is -2.40. The van der Waals surface area contributed by atoms with Gasteiger partial charge in [0.1, 0.15) is 11.4 Å². The van der Waals surface area contributed by atoms with Gasteiger partial charge < -0.3 is 15.0 Å². The fraction of sp³-hybridized carbons (Fsp3) is 0.545. The Kier molecular flexibility index (Phi) is 5.40. The molecule has 1 saturated heterocycles. The van der Waals surface area contributed by atoms with E-state index in [0.29, 0.717) is 17.0 Å². The smallest absolute Gasteiger partial charge is 0.269 e. The van der Waals surface area contributed by atoms with Gasteiger partial charge in [-0.25, -0.2) is 0 Å². The molecule has 1 aromatic heterocycles. The Balaban J connectivity index is 1.41. The fourth-order valence-corrected chi connectivity index (χ4v) is 5.08. The number of carbonyl (C=O) groups excluding carboxylic acids is 1. The SMILES string of the molecule is COc1cccc(-c2cc(C(=O)NCC3CN(C)CC34CCCCC4)[nH]n2)c1. The van der Waals surface area contributed by atoms with Gasteiger partial charge in [-0.3, -0.25) is 9.89 Å². The Labute approximate surface area is 166 Å². The average molecular weight is 383 g/mol. The average Bonchev–Trinajstić information content (AvgIpc) is 3.32. The molecule has 6 heteroatoms. The number of nitrogens with one attached hydrogen (secondary N) is 2. The van der Waals surface area contributed by atoms with Gasteiger partial charge in [-0.15, -0.1) is 0 Å². The van der Waals surface area contributed by atoms with E-state index in [1.165, 1.54) is 32.1 Å². The minimum atomic E-state index is -0.0813. The van der Waals surface area contributed by atoms with Crippen LogP contribution in [0.15, 0.2) is 30.3 Å². The first kappa shape index (κ1) is 19.0. The van der Waals surface area contributed by atoms with Gasteiger partial charge in [0.25, 0.3) is 5.91 Å². The number of aromatic amines is 1. The van der Waals surface area contributed by atoms with Crippen molar-refractivity contribution >= 4 is 5.91 Å². The summed E-state index contributed by atoms with van der Waals surface area (Å²) < 4.78 is 5.27. The highest BCUT2D eigenvalue weighted by atomic mass is 16.5. The normalized spacial score (nSPS) is 21.7. The third-order valence-corrected chi connectivity index (χ3v) is 6.53. The predicted octanol–water partition coefficient (Wildman–Crippen LogP) is 3.33. The Morgan fingerprint density at radius 2 is 2.14 bits per heavy atom. The number of likely N-dealkylation sites (tertiary alicyclic amines) is 1. The van der Waals surface area contributed by atoms with Crippen LogP contribution in [0.3, 0.4) is 0 Å². The summed E-state index contributed by atoms with van der Waals surface area (Å²) >= 11 is 0. The van der Waals surface area contributed by atoms with Crippen LogP contribution < -0.4 is 10.1 Å². The molecule has 2 N–H and O–H groups in total. The van der Waals surface area contributed by atoms with Crippen molar-refractivity contribution in [3.63, 3.8) is 0 Å². The third kappa shape index (κ3) is 3.78. The summed E-state index contributed by atoms with van der Waals surface area (Å²) in [6.45, 7) is 2.96. The maximum absolute atomic E-state index is 12.7. The third-order valence-electron chi connectivity index (χ3n) is 6.53.